The van der Waals surface area contributed by atoms with Gasteiger partial charge in [0.05, 0.1) is 6.20 Å². The minimum atomic E-state index is -0.977. The molecule has 5 heteroatoms. The number of carboxylic acid groups (broad SMARTS) is 1. The van der Waals surface area contributed by atoms with E-state index in [0.717, 1.165) is 6.42 Å². The van der Waals surface area contributed by atoms with Gasteiger partial charge in [-0.2, -0.15) is 5.10 Å². The molecule has 1 aromatic heterocycles. The molecular formula is C10H15N3O2. The molecule has 0 fully saturated rings. The predicted molar refractivity (Wildman–Crippen MR) is 57.1 cm³/mol. The molecular weight excluding hydrogens is 194 g/mol. The molecule has 82 valence electrons. The molecule has 0 amide bonds. The molecule has 0 aliphatic carbocycles. The summed E-state index contributed by atoms with van der Waals surface area (Å²) in [6, 6.07) is 1.70. The molecule has 0 bridgehead atoms. The second-order valence-corrected chi connectivity index (χ2v) is 3.44. The zero-order chi connectivity index (χ0) is 11.4. The Labute approximate surface area is 88.7 Å². The van der Waals surface area contributed by atoms with Crippen LogP contribution < -0.4 is 4.90 Å². The lowest BCUT2D eigenvalue weighted by molar-refractivity contribution is 0.0697. The highest BCUT2D eigenvalue weighted by Gasteiger charge is 2.17. The second-order valence-electron chi connectivity index (χ2n) is 3.44. The summed E-state index contributed by atoms with van der Waals surface area (Å²) in [7, 11) is 1.82. The molecule has 0 saturated heterocycles. The molecule has 1 atom stereocenters. The number of hydrogen-bond acceptors (Lipinski definition) is 4. The zero-order valence-corrected chi connectivity index (χ0v) is 9.14. The van der Waals surface area contributed by atoms with Crippen molar-refractivity contribution >= 4 is 11.8 Å². The topological polar surface area (TPSA) is 66.3 Å². The number of aromatic carboxylic acids is 1. The van der Waals surface area contributed by atoms with Crippen LogP contribution in [0.15, 0.2) is 12.3 Å². The van der Waals surface area contributed by atoms with E-state index in [0.29, 0.717) is 5.82 Å². The highest BCUT2D eigenvalue weighted by Crippen LogP contribution is 2.17. The fourth-order valence-electron chi connectivity index (χ4n) is 1.23. The molecule has 0 saturated carbocycles. The van der Waals surface area contributed by atoms with Gasteiger partial charge in [-0.15, -0.1) is 5.10 Å². The van der Waals surface area contributed by atoms with Crippen LogP contribution in [0.4, 0.5) is 5.82 Å². The van der Waals surface area contributed by atoms with Gasteiger partial charge >= 0.3 is 5.97 Å². The number of hydrogen-bond donors (Lipinski definition) is 1. The first-order valence-corrected chi connectivity index (χ1v) is 4.85. The quantitative estimate of drug-likeness (QED) is 0.812. The summed E-state index contributed by atoms with van der Waals surface area (Å²) in [4.78, 5) is 12.8. The highest BCUT2D eigenvalue weighted by molar-refractivity contribution is 5.93. The third-order valence-electron chi connectivity index (χ3n) is 2.52. The largest absolute Gasteiger partial charge is 0.478 e. The number of rotatable bonds is 4. The maximum absolute atomic E-state index is 10.9. The minimum absolute atomic E-state index is 0.188. The van der Waals surface area contributed by atoms with Gasteiger partial charge in [0.2, 0.25) is 0 Å². The Morgan fingerprint density at radius 2 is 2.33 bits per heavy atom. The van der Waals surface area contributed by atoms with Crippen molar-refractivity contribution in [1.82, 2.24) is 10.2 Å². The van der Waals surface area contributed by atoms with E-state index in [2.05, 4.69) is 10.2 Å². The molecule has 5 nitrogen and oxygen atoms in total. The summed E-state index contributed by atoms with van der Waals surface area (Å²) in [5, 5.41) is 16.5. The summed E-state index contributed by atoms with van der Waals surface area (Å²) in [5.41, 5.74) is 0.188. The number of aromatic nitrogens is 2. The van der Waals surface area contributed by atoms with Crippen LogP contribution in [0.2, 0.25) is 0 Å². The summed E-state index contributed by atoms with van der Waals surface area (Å²) in [6.45, 7) is 4.05. The van der Waals surface area contributed by atoms with E-state index >= 15 is 0 Å². The van der Waals surface area contributed by atoms with Gasteiger partial charge in [-0.3, -0.25) is 0 Å². The van der Waals surface area contributed by atoms with E-state index in [1.54, 1.807) is 0 Å². The van der Waals surface area contributed by atoms with Crippen LogP contribution in [0.1, 0.15) is 30.6 Å². The van der Waals surface area contributed by atoms with Gasteiger partial charge in [0.15, 0.2) is 5.82 Å². The van der Waals surface area contributed by atoms with Crippen LogP contribution in [0, 0.1) is 0 Å². The van der Waals surface area contributed by atoms with Crippen molar-refractivity contribution in [2.45, 2.75) is 26.3 Å². The standard InChI is InChI=1S/C10H15N3O2/c1-4-7(2)13(3)9-8(10(14)15)5-6-11-12-9/h5-7H,4H2,1-3H3,(H,14,15). The molecule has 0 aliphatic rings. The molecule has 0 aromatic carbocycles. The number of nitrogens with zero attached hydrogens (tertiary/aromatic N) is 3. The summed E-state index contributed by atoms with van der Waals surface area (Å²) >= 11 is 0. The molecule has 1 heterocycles. The van der Waals surface area contributed by atoms with Crippen molar-refractivity contribution in [2.24, 2.45) is 0 Å². The molecule has 15 heavy (non-hydrogen) atoms. The maximum Gasteiger partial charge on any atom is 0.339 e. The van der Waals surface area contributed by atoms with E-state index in [1.807, 2.05) is 25.8 Å². The maximum atomic E-state index is 10.9. The normalized spacial score (nSPS) is 12.2. The summed E-state index contributed by atoms with van der Waals surface area (Å²) in [6.07, 6.45) is 2.31. The summed E-state index contributed by atoms with van der Waals surface area (Å²) in [5.74, 6) is -0.561. The highest BCUT2D eigenvalue weighted by atomic mass is 16.4. The van der Waals surface area contributed by atoms with Gasteiger partial charge in [-0.25, -0.2) is 4.79 Å². The molecule has 1 rings (SSSR count). The Bertz CT molecular complexity index is 354. The number of anilines is 1. The first kappa shape index (κ1) is 11.4. The first-order valence-electron chi connectivity index (χ1n) is 4.85. The Hall–Kier alpha value is -1.65. The molecule has 1 aromatic rings. The van der Waals surface area contributed by atoms with Crippen LogP contribution in [-0.4, -0.2) is 34.4 Å². The molecule has 0 aliphatic heterocycles. The van der Waals surface area contributed by atoms with Gasteiger partial charge < -0.3 is 10.0 Å². The van der Waals surface area contributed by atoms with Gasteiger partial charge in [-0.1, -0.05) is 6.92 Å². The number of carbonyl (C=O) groups is 1. The molecule has 0 spiro atoms. The monoisotopic (exact) mass is 209 g/mol. The molecule has 1 unspecified atom stereocenters. The first-order chi connectivity index (χ1) is 7.07. The third-order valence-corrected chi connectivity index (χ3v) is 2.52. The van der Waals surface area contributed by atoms with Crippen LogP contribution in [0.5, 0.6) is 0 Å². The van der Waals surface area contributed by atoms with Crippen LogP contribution in [0.25, 0.3) is 0 Å². The van der Waals surface area contributed by atoms with Gasteiger partial charge in [-0.05, 0) is 19.4 Å². The fourth-order valence-corrected chi connectivity index (χ4v) is 1.23. The Balaban J connectivity index is 3.07. The Morgan fingerprint density at radius 1 is 1.67 bits per heavy atom. The lowest BCUT2D eigenvalue weighted by Gasteiger charge is -2.25. The average Bonchev–Trinajstić information content (AvgIpc) is 2.27. The van der Waals surface area contributed by atoms with E-state index < -0.39 is 5.97 Å². The van der Waals surface area contributed by atoms with Gasteiger partial charge in [0, 0.05) is 13.1 Å². The minimum Gasteiger partial charge on any atom is -0.478 e. The SMILES string of the molecule is CCC(C)N(C)c1nnccc1C(=O)O. The number of carboxylic acids is 1. The Morgan fingerprint density at radius 3 is 2.87 bits per heavy atom. The van der Waals surface area contributed by atoms with Crippen LogP contribution >= 0.6 is 0 Å². The molecule has 0 radical (unpaired) electrons. The van der Waals surface area contributed by atoms with Crippen molar-refractivity contribution in [3.05, 3.63) is 17.8 Å². The Kier molecular flexibility index (Phi) is 3.60. The van der Waals surface area contributed by atoms with Crippen molar-refractivity contribution in [3.8, 4) is 0 Å². The lowest BCUT2D eigenvalue weighted by atomic mass is 10.2. The third kappa shape index (κ3) is 2.43. The lowest BCUT2D eigenvalue weighted by Crippen LogP contribution is -2.30. The average molecular weight is 209 g/mol. The predicted octanol–water partition coefficient (Wildman–Crippen LogP) is 1.41. The van der Waals surface area contributed by atoms with E-state index in [4.69, 9.17) is 5.11 Å². The van der Waals surface area contributed by atoms with E-state index in [-0.39, 0.29) is 11.6 Å². The van der Waals surface area contributed by atoms with Crippen LogP contribution in [-0.2, 0) is 0 Å². The van der Waals surface area contributed by atoms with Crippen molar-refractivity contribution in [3.63, 3.8) is 0 Å². The zero-order valence-electron chi connectivity index (χ0n) is 9.14. The van der Waals surface area contributed by atoms with E-state index in [1.165, 1.54) is 12.3 Å². The van der Waals surface area contributed by atoms with Gasteiger partial charge in [0.1, 0.15) is 5.56 Å². The van der Waals surface area contributed by atoms with Gasteiger partial charge in [0.25, 0.3) is 0 Å². The molecule has 1 N–H and O–H groups in total. The second kappa shape index (κ2) is 4.72. The smallest absolute Gasteiger partial charge is 0.339 e. The van der Waals surface area contributed by atoms with E-state index in [9.17, 15) is 4.79 Å². The van der Waals surface area contributed by atoms with Crippen LogP contribution in [0.3, 0.4) is 0 Å². The van der Waals surface area contributed by atoms with Crippen molar-refractivity contribution < 1.29 is 9.90 Å². The van der Waals surface area contributed by atoms with Crippen molar-refractivity contribution in [2.75, 3.05) is 11.9 Å². The summed E-state index contributed by atoms with van der Waals surface area (Å²) < 4.78 is 0. The fraction of sp³-hybridized carbons (Fsp3) is 0.500. The van der Waals surface area contributed by atoms with Crippen molar-refractivity contribution in [1.29, 1.82) is 0 Å².